The molecule has 3 nitrogen and oxygen atoms in total. The van der Waals surface area contributed by atoms with E-state index >= 15 is 0 Å². The number of hydrogen-bond acceptors (Lipinski definition) is 2. The summed E-state index contributed by atoms with van der Waals surface area (Å²) in [7, 11) is 0. The van der Waals surface area contributed by atoms with Crippen molar-refractivity contribution in [1.82, 2.24) is 9.97 Å². The number of aromatic nitrogens is 2. The predicted molar refractivity (Wildman–Crippen MR) is 146 cm³/mol. The molecule has 36 heavy (non-hydrogen) atoms. The van der Waals surface area contributed by atoms with Crippen molar-refractivity contribution in [2.75, 3.05) is 0 Å². The third-order valence-electron chi connectivity index (χ3n) is 7.70. The average molecular weight is 465 g/mol. The summed E-state index contributed by atoms with van der Waals surface area (Å²) in [6, 6.07) is 37.8. The molecular weight excluding hydrogens is 440 g/mol. The van der Waals surface area contributed by atoms with Gasteiger partial charge in [-0.2, -0.15) is 0 Å². The molecule has 0 fully saturated rings. The first kappa shape index (κ1) is 20.8. The molecule has 172 valence electrons. The van der Waals surface area contributed by atoms with E-state index in [1.165, 1.54) is 43.8 Å². The third-order valence-corrected chi connectivity index (χ3v) is 7.70. The summed E-state index contributed by atoms with van der Waals surface area (Å²) in [4.78, 5) is 20.6. The summed E-state index contributed by atoms with van der Waals surface area (Å²) in [5, 5.41) is 4.97. The van der Waals surface area contributed by atoms with Crippen molar-refractivity contribution < 1.29 is 0 Å². The molecule has 1 N–H and O–H groups in total. The van der Waals surface area contributed by atoms with Gasteiger partial charge < -0.3 is 4.98 Å². The van der Waals surface area contributed by atoms with E-state index in [4.69, 9.17) is 4.98 Å². The van der Waals surface area contributed by atoms with Crippen LogP contribution in [0.15, 0.2) is 120 Å². The van der Waals surface area contributed by atoms with Crippen LogP contribution in [-0.4, -0.2) is 9.97 Å². The van der Waals surface area contributed by atoms with Gasteiger partial charge in [-0.1, -0.05) is 84.9 Å². The fourth-order valence-electron chi connectivity index (χ4n) is 6.11. The van der Waals surface area contributed by atoms with Crippen LogP contribution in [0.5, 0.6) is 0 Å². The number of benzene rings is 4. The summed E-state index contributed by atoms with van der Waals surface area (Å²) in [5.41, 5.74) is 6.35. The van der Waals surface area contributed by atoms with E-state index in [0.717, 1.165) is 24.2 Å². The van der Waals surface area contributed by atoms with Crippen LogP contribution >= 0.6 is 0 Å². The Kier molecular flexibility index (Phi) is 4.65. The minimum absolute atomic E-state index is 0.0930. The van der Waals surface area contributed by atoms with Crippen molar-refractivity contribution in [2.24, 2.45) is 0 Å². The molecule has 7 rings (SSSR count). The van der Waals surface area contributed by atoms with E-state index in [1.807, 2.05) is 30.5 Å². The molecule has 0 bridgehead atoms. The molecule has 0 spiro atoms. The molecule has 0 amide bonds. The van der Waals surface area contributed by atoms with E-state index in [9.17, 15) is 4.79 Å². The number of pyridine rings is 2. The van der Waals surface area contributed by atoms with Crippen molar-refractivity contribution in [1.29, 1.82) is 0 Å². The van der Waals surface area contributed by atoms with Crippen LogP contribution in [0.1, 0.15) is 22.5 Å². The minimum Gasteiger partial charge on any atom is -0.325 e. The van der Waals surface area contributed by atoms with Crippen LogP contribution < -0.4 is 5.56 Å². The van der Waals surface area contributed by atoms with Crippen LogP contribution in [0.4, 0.5) is 0 Å². The zero-order valence-electron chi connectivity index (χ0n) is 19.7. The van der Waals surface area contributed by atoms with Gasteiger partial charge in [-0.25, -0.2) is 0 Å². The third kappa shape index (κ3) is 3.13. The summed E-state index contributed by atoms with van der Waals surface area (Å²) in [6.45, 7) is 0. The van der Waals surface area contributed by atoms with Crippen molar-refractivity contribution >= 4 is 21.5 Å². The lowest BCUT2D eigenvalue weighted by Crippen LogP contribution is -2.36. The summed E-state index contributed by atoms with van der Waals surface area (Å²) < 4.78 is 0. The highest BCUT2D eigenvalue weighted by molar-refractivity contribution is 6.08. The number of rotatable bonds is 2. The smallest absolute Gasteiger partial charge is 0.248 e. The maximum atomic E-state index is 12.6. The summed E-state index contributed by atoms with van der Waals surface area (Å²) in [6.07, 6.45) is 3.31. The van der Waals surface area contributed by atoms with E-state index in [1.54, 1.807) is 6.07 Å². The average Bonchev–Trinajstić information content (AvgIpc) is 3.09. The number of aromatic amines is 1. The highest BCUT2D eigenvalue weighted by atomic mass is 16.1. The first-order valence-electron chi connectivity index (χ1n) is 12.4. The Bertz CT molecular complexity index is 1730. The second-order valence-electron chi connectivity index (χ2n) is 9.72. The fraction of sp³-hybridized carbons (Fsp3) is 0.0909. The van der Waals surface area contributed by atoms with Gasteiger partial charge in [0.15, 0.2) is 0 Å². The van der Waals surface area contributed by atoms with Gasteiger partial charge in [0.25, 0.3) is 0 Å². The van der Waals surface area contributed by atoms with Crippen LogP contribution in [0.25, 0.3) is 32.7 Å². The molecule has 0 saturated heterocycles. The summed E-state index contributed by atoms with van der Waals surface area (Å²) >= 11 is 0. The monoisotopic (exact) mass is 464 g/mol. The lowest BCUT2D eigenvalue weighted by molar-refractivity contribution is 0.480. The number of nitrogens with one attached hydrogen (secondary N) is 1. The zero-order chi connectivity index (χ0) is 24.1. The SMILES string of the molecule is O=c1cccc(C2(c3ccccn3)Cc3ccc4ccccc4c3-c3c(ccc4ccccc34)C2)[nH]1. The van der Waals surface area contributed by atoms with E-state index < -0.39 is 5.41 Å². The number of hydrogen-bond donors (Lipinski definition) is 1. The largest absolute Gasteiger partial charge is 0.325 e. The molecule has 3 heteroatoms. The van der Waals surface area contributed by atoms with Gasteiger partial charge in [-0.3, -0.25) is 9.78 Å². The Hall–Kier alpha value is -4.50. The Morgan fingerprint density at radius 3 is 1.81 bits per heavy atom. The number of fused-ring (bicyclic) bond motifs is 7. The fourth-order valence-corrected chi connectivity index (χ4v) is 6.11. The minimum atomic E-state index is -0.521. The van der Waals surface area contributed by atoms with Crippen molar-refractivity contribution in [3.63, 3.8) is 0 Å². The molecule has 0 atom stereocenters. The van der Waals surface area contributed by atoms with Crippen molar-refractivity contribution in [3.8, 4) is 11.1 Å². The topological polar surface area (TPSA) is 45.8 Å². The maximum absolute atomic E-state index is 12.6. The second kappa shape index (κ2) is 8.03. The Morgan fingerprint density at radius 1 is 0.611 bits per heavy atom. The van der Waals surface area contributed by atoms with Gasteiger partial charge in [0.2, 0.25) is 5.56 Å². The second-order valence-corrected chi connectivity index (χ2v) is 9.72. The Labute approximate surface area is 209 Å². The van der Waals surface area contributed by atoms with Gasteiger partial charge in [-0.05, 0) is 74.8 Å². The van der Waals surface area contributed by atoms with Crippen molar-refractivity contribution in [2.45, 2.75) is 18.3 Å². The maximum Gasteiger partial charge on any atom is 0.248 e. The molecule has 1 aliphatic rings. The normalized spacial score (nSPS) is 14.2. The van der Waals surface area contributed by atoms with E-state index in [-0.39, 0.29) is 5.56 Å². The molecular formula is C33H24N2O. The van der Waals surface area contributed by atoms with Crippen LogP contribution in [0.3, 0.4) is 0 Å². The molecule has 0 unspecified atom stereocenters. The van der Waals surface area contributed by atoms with E-state index in [2.05, 4.69) is 83.8 Å². The molecule has 1 aliphatic carbocycles. The van der Waals surface area contributed by atoms with Gasteiger partial charge in [0, 0.05) is 18.0 Å². The van der Waals surface area contributed by atoms with Gasteiger partial charge in [0.1, 0.15) is 0 Å². The summed E-state index contributed by atoms with van der Waals surface area (Å²) in [5.74, 6) is 0. The first-order valence-corrected chi connectivity index (χ1v) is 12.4. The molecule has 0 aliphatic heterocycles. The van der Waals surface area contributed by atoms with Gasteiger partial charge in [0.05, 0.1) is 11.1 Å². The molecule has 0 radical (unpaired) electrons. The van der Waals surface area contributed by atoms with Crippen LogP contribution in [0, 0.1) is 0 Å². The van der Waals surface area contributed by atoms with Gasteiger partial charge >= 0.3 is 0 Å². The molecule has 0 saturated carbocycles. The molecule has 4 aromatic carbocycles. The zero-order valence-corrected chi connectivity index (χ0v) is 19.7. The number of nitrogens with zero attached hydrogens (tertiary/aromatic N) is 1. The Balaban J connectivity index is 1.65. The lowest BCUT2D eigenvalue weighted by atomic mass is 9.72. The molecule has 2 heterocycles. The highest BCUT2D eigenvalue weighted by Crippen LogP contribution is 2.48. The standard InChI is InChI=1S/C33H24N2O/c36-30-14-7-13-29(35-30)33(28-12-5-6-19-34-28)20-24-17-15-22-8-1-3-10-26(22)31(24)32-25(21-33)18-16-23-9-2-4-11-27(23)32/h1-19H,20-21H2,(H,35,36). The molecule has 6 aromatic rings. The van der Waals surface area contributed by atoms with Crippen molar-refractivity contribution in [3.05, 3.63) is 148 Å². The first-order chi connectivity index (χ1) is 17.7. The van der Waals surface area contributed by atoms with E-state index in [0.29, 0.717) is 0 Å². The molecule has 2 aromatic heterocycles. The lowest BCUT2D eigenvalue weighted by Gasteiger charge is -2.33. The van der Waals surface area contributed by atoms with Gasteiger partial charge in [-0.15, -0.1) is 0 Å². The predicted octanol–water partition coefficient (Wildman–Crippen LogP) is 6.83. The highest BCUT2D eigenvalue weighted by Gasteiger charge is 2.41. The quantitative estimate of drug-likeness (QED) is 0.305. The Morgan fingerprint density at radius 2 is 1.22 bits per heavy atom. The number of H-pyrrole nitrogens is 1. The van der Waals surface area contributed by atoms with Crippen LogP contribution in [-0.2, 0) is 18.3 Å². The van der Waals surface area contributed by atoms with Crippen LogP contribution in [0.2, 0.25) is 0 Å².